The van der Waals surface area contributed by atoms with Crippen LogP contribution in [-0.4, -0.2) is 62.6 Å². The molecule has 2 fully saturated rings. The lowest BCUT2D eigenvalue weighted by molar-refractivity contribution is 0.121. The largest absolute Gasteiger partial charge is 0.378 e. The summed E-state index contributed by atoms with van der Waals surface area (Å²) in [4.78, 5) is 13.9. The predicted octanol–water partition coefficient (Wildman–Crippen LogP) is 0.712. The van der Waals surface area contributed by atoms with Crippen molar-refractivity contribution in [3.8, 4) is 0 Å². The second-order valence-corrected chi connectivity index (χ2v) is 5.07. The van der Waals surface area contributed by atoms with Crippen LogP contribution in [0.3, 0.4) is 0 Å². The van der Waals surface area contributed by atoms with E-state index in [1.54, 1.807) is 0 Å². The van der Waals surface area contributed by atoms with Gasteiger partial charge in [0, 0.05) is 37.9 Å². The third kappa shape index (κ3) is 3.02. The minimum atomic E-state index is 0.757. The molecule has 0 saturated carbocycles. The SMILES string of the molecule is CCc1cc(N2CCOCC2)nc(N2CCOCC2)n1. The summed E-state index contributed by atoms with van der Waals surface area (Å²) in [6, 6.07) is 2.11. The Morgan fingerprint density at radius 1 is 0.950 bits per heavy atom. The summed E-state index contributed by atoms with van der Waals surface area (Å²) in [5, 5.41) is 0. The topological polar surface area (TPSA) is 50.7 Å². The van der Waals surface area contributed by atoms with Crippen LogP contribution in [0.15, 0.2) is 6.07 Å². The van der Waals surface area contributed by atoms with Crippen LogP contribution in [0.1, 0.15) is 12.6 Å². The first kappa shape index (κ1) is 13.6. The summed E-state index contributed by atoms with van der Waals surface area (Å²) in [6.07, 6.45) is 0.928. The van der Waals surface area contributed by atoms with E-state index < -0.39 is 0 Å². The van der Waals surface area contributed by atoms with Crippen LogP contribution >= 0.6 is 0 Å². The number of morpholine rings is 2. The molecule has 0 radical (unpaired) electrons. The maximum atomic E-state index is 5.41. The van der Waals surface area contributed by atoms with Crippen LogP contribution in [0.4, 0.5) is 11.8 Å². The van der Waals surface area contributed by atoms with Gasteiger partial charge in [-0.2, -0.15) is 4.98 Å². The van der Waals surface area contributed by atoms with Gasteiger partial charge >= 0.3 is 0 Å². The fourth-order valence-electron chi connectivity index (χ4n) is 2.51. The van der Waals surface area contributed by atoms with E-state index in [1.807, 2.05) is 0 Å². The molecule has 3 rings (SSSR count). The van der Waals surface area contributed by atoms with Gasteiger partial charge in [0.2, 0.25) is 5.95 Å². The maximum Gasteiger partial charge on any atom is 0.227 e. The van der Waals surface area contributed by atoms with E-state index in [1.165, 1.54) is 0 Å². The van der Waals surface area contributed by atoms with Crippen molar-refractivity contribution in [2.75, 3.05) is 62.4 Å². The van der Waals surface area contributed by atoms with Crippen LogP contribution < -0.4 is 9.80 Å². The molecule has 0 bridgehead atoms. The molecule has 2 saturated heterocycles. The van der Waals surface area contributed by atoms with E-state index in [0.29, 0.717) is 0 Å². The first-order chi connectivity index (χ1) is 9.86. The van der Waals surface area contributed by atoms with Crippen LogP contribution in [0.5, 0.6) is 0 Å². The van der Waals surface area contributed by atoms with Gasteiger partial charge < -0.3 is 19.3 Å². The number of ether oxygens (including phenoxy) is 2. The lowest BCUT2D eigenvalue weighted by atomic mass is 10.3. The highest BCUT2D eigenvalue weighted by Gasteiger charge is 2.18. The minimum Gasteiger partial charge on any atom is -0.378 e. The van der Waals surface area contributed by atoms with Crippen molar-refractivity contribution < 1.29 is 9.47 Å². The van der Waals surface area contributed by atoms with Crippen molar-refractivity contribution in [3.63, 3.8) is 0 Å². The Morgan fingerprint density at radius 3 is 2.15 bits per heavy atom. The van der Waals surface area contributed by atoms with Gasteiger partial charge in [-0.05, 0) is 6.42 Å². The molecule has 1 aromatic rings. The van der Waals surface area contributed by atoms with Crippen molar-refractivity contribution in [2.24, 2.45) is 0 Å². The molecule has 6 nitrogen and oxygen atoms in total. The van der Waals surface area contributed by atoms with Gasteiger partial charge in [-0.1, -0.05) is 6.92 Å². The molecule has 0 spiro atoms. The number of hydrogen-bond acceptors (Lipinski definition) is 6. The molecule has 3 heterocycles. The molecule has 0 aliphatic carbocycles. The van der Waals surface area contributed by atoms with Crippen LogP contribution in [0.2, 0.25) is 0 Å². The molecule has 0 amide bonds. The van der Waals surface area contributed by atoms with Crippen molar-refractivity contribution in [2.45, 2.75) is 13.3 Å². The summed E-state index contributed by atoms with van der Waals surface area (Å²) in [5.74, 6) is 1.87. The lowest BCUT2D eigenvalue weighted by Gasteiger charge is -2.31. The van der Waals surface area contributed by atoms with Gasteiger partial charge in [0.15, 0.2) is 0 Å². The molecule has 110 valence electrons. The summed E-state index contributed by atoms with van der Waals surface area (Å²) in [7, 11) is 0. The standard InChI is InChI=1S/C14H22N4O2/c1-2-12-11-13(17-3-7-19-8-4-17)16-14(15-12)18-5-9-20-10-6-18/h11H,2-10H2,1H3. The van der Waals surface area contributed by atoms with E-state index in [-0.39, 0.29) is 0 Å². The average molecular weight is 278 g/mol. The number of aromatic nitrogens is 2. The van der Waals surface area contributed by atoms with Gasteiger partial charge in [-0.3, -0.25) is 0 Å². The second kappa shape index (κ2) is 6.37. The number of rotatable bonds is 3. The Bertz CT molecular complexity index is 407. The molecule has 0 aromatic carbocycles. The quantitative estimate of drug-likeness (QED) is 0.812. The molecule has 20 heavy (non-hydrogen) atoms. The van der Waals surface area contributed by atoms with E-state index in [2.05, 4.69) is 27.8 Å². The minimum absolute atomic E-state index is 0.757. The van der Waals surface area contributed by atoms with Gasteiger partial charge in [0.1, 0.15) is 5.82 Å². The number of hydrogen-bond donors (Lipinski definition) is 0. The average Bonchev–Trinajstić information content (AvgIpc) is 2.56. The fourth-order valence-corrected chi connectivity index (χ4v) is 2.51. The summed E-state index contributed by atoms with van der Waals surface area (Å²) >= 11 is 0. The Labute approximate surface area is 119 Å². The molecule has 0 atom stereocenters. The first-order valence-corrected chi connectivity index (χ1v) is 7.40. The highest BCUT2D eigenvalue weighted by atomic mass is 16.5. The maximum absolute atomic E-state index is 5.41. The molecule has 2 aliphatic rings. The van der Waals surface area contributed by atoms with Crippen LogP contribution in [-0.2, 0) is 15.9 Å². The first-order valence-electron chi connectivity index (χ1n) is 7.40. The zero-order valence-electron chi connectivity index (χ0n) is 12.0. The van der Waals surface area contributed by atoms with E-state index in [4.69, 9.17) is 14.5 Å². The molecular weight excluding hydrogens is 256 g/mol. The van der Waals surface area contributed by atoms with Crippen molar-refractivity contribution >= 4 is 11.8 Å². The third-order valence-electron chi connectivity index (χ3n) is 3.75. The summed E-state index contributed by atoms with van der Waals surface area (Å²) in [6.45, 7) is 8.75. The zero-order valence-corrected chi connectivity index (χ0v) is 12.0. The zero-order chi connectivity index (χ0) is 13.8. The Morgan fingerprint density at radius 2 is 1.55 bits per heavy atom. The summed E-state index contributed by atoms with van der Waals surface area (Å²) in [5.41, 5.74) is 1.10. The monoisotopic (exact) mass is 278 g/mol. The highest BCUT2D eigenvalue weighted by Crippen LogP contribution is 2.19. The fraction of sp³-hybridized carbons (Fsp3) is 0.714. The lowest BCUT2D eigenvalue weighted by Crippen LogP contribution is -2.39. The normalized spacial score (nSPS) is 20.2. The Kier molecular flexibility index (Phi) is 4.32. The molecular formula is C14H22N4O2. The van der Waals surface area contributed by atoms with Gasteiger partial charge in [0.25, 0.3) is 0 Å². The van der Waals surface area contributed by atoms with Gasteiger partial charge in [-0.15, -0.1) is 0 Å². The van der Waals surface area contributed by atoms with E-state index in [9.17, 15) is 0 Å². The molecule has 6 heteroatoms. The Hall–Kier alpha value is -1.40. The van der Waals surface area contributed by atoms with Crippen molar-refractivity contribution in [1.82, 2.24) is 9.97 Å². The van der Waals surface area contributed by atoms with E-state index >= 15 is 0 Å². The van der Waals surface area contributed by atoms with Crippen molar-refractivity contribution in [3.05, 3.63) is 11.8 Å². The third-order valence-corrected chi connectivity index (χ3v) is 3.75. The summed E-state index contributed by atoms with van der Waals surface area (Å²) < 4.78 is 10.8. The number of aryl methyl sites for hydroxylation is 1. The highest BCUT2D eigenvalue weighted by molar-refractivity contribution is 5.46. The second-order valence-electron chi connectivity index (χ2n) is 5.07. The molecule has 0 unspecified atom stereocenters. The Balaban J connectivity index is 1.85. The molecule has 0 N–H and O–H groups in total. The number of anilines is 2. The predicted molar refractivity (Wildman–Crippen MR) is 77.5 cm³/mol. The smallest absolute Gasteiger partial charge is 0.227 e. The van der Waals surface area contributed by atoms with Gasteiger partial charge in [-0.25, -0.2) is 4.98 Å². The molecule has 1 aromatic heterocycles. The van der Waals surface area contributed by atoms with Crippen LogP contribution in [0.25, 0.3) is 0 Å². The molecule has 2 aliphatic heterocycles. The van der Waals surface area contributed by atoms with Crippen LogP contribution in [0, 0.1) is 0 Å². The number of nitrogens with zero attached hydrogens (tertiary/aromatic N) is 4. The van der Waals surface area contributed by atoms with Gasteiger partial charge in [0.05, 0.1) is 26.4 Å². The van der Waals surface area contributed by atoms with E-state index in [0.717, 1.165) is 76.5 Å². The van der Waals surface area contributed by atoms with Crippen molar-refractivity contribution in [1.29, 1.82) is 0 Å².